The summed E-state index contributed by atoms with van der Waals surface area (Å²) >= 11 is 0. The molecule has 1 saturated heterocycles. The van der Waals surface area contributed by atoms with E-state index in [1.54, 1.807) is 24.2 Å². The molecule has 0 radical (unpaired) electrons. The van der Waals surface area contributed by atoms with Crippen LogP contribution in [0.25, 0.3) is 0 Å². The van der Waals surface area contributed by atoms with E-state index in [1.165, 1.54) is 0 Å². The number of fused-ring (bicyclic) bond motifs is 1. The van der Waals surface area contributed by atoms with E-state index in [4.69, 9.17) is 4.52 Å². The lowest BCUT2D eigenvalue weighted by molar-refractivity contribution is -0.116. The van der Waals surface area contributed by atoms with Crippen molar-refractivity contribution in [2.24, 2.45) is 5.41 Å². The summed E-state index contributed by atoms with van der Waals surface area (Å²) in [5.74, 6) is 0.454. The molecule has 1 aliphatic heterocycles. The van der Waals surface area contributed by atoms with Gasteiger partial charge in [0.2, 0.25) is 10.0 Å². The van der Waals surface area contributed by atoms with Crippen LogP contribution in [-0.4, -0.2) is 36.8 Å². The number of benzene rings is 1. The minimum Gasteiger partial charge on any atom is -0.360 e. The first-order chi connectivity index (χ1) is 13.3. The number of nitrogens with zero attached hydrogens (tertiary/aromatic N) is 2. The van der Waals surface area contributed by atoms with Crippen LogP contribution >= 0.6 is 0 Å². The third-order valence-electron chi connectivity index (χ3n) is 5.93. The molecule has 1 atom stereocenters. The van der Waals surface area contributed by atoms with Gasteiger partial charge in [-0.3, -0.25) is 4.79 Å². The lowest BCUT2D eigenvalue weighted by Crippen LogP contribution is -2.50. The predicted molar refractivity (Wildman–Crippen MR) is 104 cm³/mol. The van der Waals surface area contributed by atoms with Gasteiger partial charge in [0, 0.05) is 24.9 Å². The summed E-state index contributed by atoms with van der Waals surface area (Å²) in [6, 6.07) is 10.1. The van der Waals surface area contributed by atoms with Crippen LogP contribution in [0.2, 0.25) is 0 Å². The number of carbonyl (C=O) groups is 1. The summed E-state index contributed by atoms with van der Waals surface area (Å²) in [7, 11) is -3.71. The van der Waals surface area contributed by atoms with Crippen LogP contribution in [0.3, 0.4) is 0 Å². The van der Waals surface area contributed by atoms with Crippen LogP contribution in [0.1, 0.15) is 36.3 Å². The van der Waals surface area contributed by atoms with E-state index < -0.39 is 10.0 Å². The van der Waals surface area contributed by atoms with Gasteiger partial charge < -0.3 is 4.52 Å². The topological polar surface area (TPSA) is 80.5 Å². The van der Waals surface area contributed by atoms with Crippen molar-refractivity contribution < 1.29 is 17.7 Å². The molecule has 2 heterocycles. The standard InChI is InChI=1S/C21H24N2O4S/c1-15-20(16(2)27-22-15)28(25,26)23-11-9-18-12-19(24)8-10-21(18,14-23)13-17-6-4-3-5-7-17/h3-7,12H,8-11,13-14H2,1-2H3. The summed E-state index contributed by atoms with van der Waals surface area (Å²) in [6.45, 7) is 4.01. The Morgan fingerprint density at radius 2 is 1.93 bits per heavy atom. The van der Waals surface area contributed by atoms with Gasteiger partial charge in [-0.25, -0.2) is 8.42 Å². The van der Waals surface area contributed by atoms with Crippen molar-refractivity contribution in [1.82, 2.24) is 9.46 Å². The average Bonchev–Trinajstić information content (AvgIpc) is 3.01. The number of carbonyl (C=O) groups excluding carboxylic acids is 1. The van der Waals surface area contributed by atoms with Gasteiger partial charge in [0.05, 0.1) is 0 Å². The molecule has 4 rings (SSSR count). The zero-order valence-corrected chi connectivity index (χ0v) is 17.0. The molecule has 0 bridgehead atoms. The van der Waals surface area contributed by atoms with Gasteiger partial charge >= 0.3 is 0 Å². The average molecular weight is 401 g/mol. The molecule has 1 unspecified atom stereocenters. The maximum Gasteiger partial charge on any atom is 0.248 e. The zero-order valence-electron chi connectivity index (χ0n) is 16.1. The number of hydrogen-bond donors (Lipinski definition) is 0. The third kappa shape index (κ3) is 3.22. The number of aryl methyl sites for hydroxylation is 2. The Bertz CT molecular complexity index is 1020. The van der Waals surface area contributed by atoms with Crippen molar-refractivity contribution in [1.29, 1.82) is 0 Å². The van der Waals surface area contributed by atoms with E-state index >= 15 is 0 Å². The summed E-state index contributed by atoms with van der Waals surface area (Å²) in [6.07, 6.45) is 4.17. The predicted octanol–water partition coefficient (Wildman–Crippen LogP) is 3.20. The van der Waals surface area contributed by atoms with Gasteiger partial charge in [-0.05, 0) is 44.7 Å². The lowest BCUT2D eigenvalue weighted by Gasteiger charge is -2.46. The van der Waals surface area contributed by atoms with Crippen LogP contribution in [0.5, 0.6) is 0 Å². The Labute approximate surface area is 165 Å². The highest BCUT2D eigenvalue weighted by Gasteiger charge is 2.46. The molecule has 0 N–H and O–H groups in total. The molecule has 7 heteroatoms. The molecule has 2 aliphatic rings. The van der Waals surface area contributed by atoms with Crippen LogP contribution in [0.4, 0.5) is 0 Å². The first-order valence-electron chi connectivity index (χ1n) is 9.53. The number of piperidine rings is 1. The van der Waals surface area contributed by atoms with Gasteiger partial charge in [0.25, 0.3) is 0 Å². The summed E-state index contributed by atoms with van der Waals surface area (Å²) < 4.78 is 33.4. The molecule has 0 saturated carbocycles. The highest BCUT2D eigenvalue weighted by Crippen LogP contribution is 2.46. The number of allylic oxidation sites excluding steroid dienone is 1. The van der Waals surface area contributed by atoms with E-state index in [1.807, 2.05) is 18.2 Å². The van der Waals surface area contributed by atoms with E-state index in [0.717, 1.165) is 17.6 Å². The number of hydrogen-bond acceptors (Lipinski definition) is 5. The minimum atomic E-state index is -3.71. The van der Waals surface area contributed by atoms with Crippen molar-refractivity contribution in [3.63, 3.8) is 0 Å². The van der Waals surface area contributed by atoms with Crippen LogP contribution in [0.15, 0.2) is 51.4 Å². The summed E-state index contributed by atoms with van der Waals surface area (Å²) in [4.78, 5) is 12.2. The third-order valence-corrected chi connectivity index (χ3v) is 8.02. The van der Waals surface area contributed by atoms with Crippen molar-refractivity contribution in [3.05, 3.63) is 59.0 Å². The Balaban J connectivity index is 1.72. The summed E-state index contributed by atoms with van der Waals surface area (Å²) in [5, 5.41) is 3.82. The molecule has 6 nitrogen and oxygen atoms in total. The van der Waals surface area contributed by atoms with Gasteiger partial charge in [-0.15, -0.1) is 0 Å². The van der Waals surface area contributed by atoms with E-state index in [2.05, 4.69) is 17.3 Å². The van der Waals surface area contributed by atoms with Crippen molar-refractivity contribution in [3.8, 4) is 0 Å². The Morgan fingerprint density at radius 1 is 1.18 bits per heavy atom. The highest BCUT2D eigenvalue weighted by molar-refractivity contribution is 7.89. The lowest BCUT2D eigenvalue weighted by atomic mass is 9.66. The second kappa shape index (κ2) is 6.97. The molecule has 0 spiro atoms. The number of aromatic nitrogens is 1. The number of rotatable bonds is 4. The Morgan fingerprint density at radius 3 is 2.61 bits per heavy atom. The van der Waals surface area contributed by atoms with E-state index in [-0.39, 0.29) is 16.1 Å². The first kappa shape index (κ1) is 19.1. The Kier molecular flexibility index (Phi) is 4.75. The molecule has 28 heavy (non-hydrogen) atoms. The normalized spacial score (nSPS) is 23.4. The minimum absolute atomic E-state index is 0.140. The SMILES string of the molecule is Cc1noc(C)c1S(=O)(=O)N1CCC2=CC(=O)CCC2(Cc2ccccc2)C1. The van der Waals surface area contributed by atoms with Crippen LogP contribution in [0, 0.1) is 19.3 Å². The van der Waals surface area contributed by atoms with Crippen molar-refractivity contribution >= 4 is 15.8 Å². The second-order valence-corrected chi connectivity index (χ2v) is 9.70. The smallest absolute Gasteiger partial charge is 0.248 e. The maximum atomic E-state index is 13.4. The molecule has 2 aromatic rings. The first-order valence-corrected chi connectivity index (χ1v) is 11.0. The molecular formula is C21H24N2O4S. The van der Waals surface area contributed by atoms with Gasteiger partial charge in [0.1, 0.15) is 10.6 Å². The number of ketones is 1. The molecule has 1 fully saturated rings. The molecule has 0 amide bonds. The van der Waals surface area contributed by atoms with Gasteiger partial charge in [0.15, 0.2) is 11.5 Å². The molecule has 1 aromatic heterocycles. The summed E-state index contributed by atoms with van der Waals surface area (Å²) in [5.41, 5.74) is 2.27. The van der Waals surface area contributed by atoms with Crippen LogP contribution < -0.4 is 0 Å². The zero-order chi connectivity index (χ0) is 19.9. The van der Waals surface area contributed by atoms with E-state index in [0.29, 0.717) is 43.8 Å². The van der Waals surface area contributed by atoms with Crippen molar-refractivity contribution in [2.45, 2.75) is 44.4 Å². The number of sulfonamides is 1. The molecule has 148 valence electrons. The fraction of sp³-hybridized carbons (Fsp3) is 0.429. The largest absolute Gasteiger partial charge is 0.360 e. The fourth-order valence-electron chi connectivity index (χ4n) is 4.54. The Hall–Kier alpha value is -2.25. The molecular weight excluding hydrogens is 376 g/mol. The molecule has 1 aliphatic carbocycles. The fourth-order valence-corrected chi connectivity index (χ4v) is 6.36. The van der Waals surface area contributed by atoms with E-state index in [9.17, 15) is 13.2 Å². The molecule has 1 aromatic carbocycles. The van der Waals surface area contributed by atoms with Crippen LogP contribution in [-0.2, 0) is 21.2 Å². The van der Waals surface area contributed by atoms with Gasteiger partial charge in [-0.1, -0.05) is 41.1 Å². The second-order valence-electron chi connectivity index (χ2n) is 7.82. The maximum absolute atomic E-state index is 13.4. The highest BCUT2D eigenvalue weighted by atomic mass is 32.2. The monoisotopic (exact) mass is 400 g/mol. The van der Waals surface area contributed by atoms with Crippen molar-refractivity contribution in [2.75, 3.05) is 13.1 Å². The quantitative estimate of drug-likeness (QED) is 0.787. The van der Waals surface area contributed by atoms with Gasteiger partial charge in [-0.2, -0.15) is 4.31 Å².